The van der Waals surface area contributed by atoms with Gasteiger partial charge in [0.2, 0.25) is 0 Å². The molecule has 4 heteroatoms. The lowest BCUT2D eigenvalue weighted by Gasteiger charge is -2.09. The second kappa shape index (κ2) is 6.26. The summed E-state index contributed by atoms with van der Waals surface area (Å²) in [7, 11) is 0. The molecule has 0 radical (unpaired) electrons. The molecule has 0 N–H and O–H groups in total. The summed E-state index contributed by atoms with van der Waals surface area (Å²) in [5, 5.41) is 8.94. The van der Waals surface area contributed by atoms with E-state index in [1.165, 1.54) is 0 Å². The van der Waals surface area contributed by atoms with Gasteiger partial charge in [-0.2, -0.15) is 5.26 Å². The number of hydrogen-bond donors (Lipinski definition) is 0. The summed E-state index contributed by atoms with van der Waals surface area (Å²) >= 11 is 0. The van der Waals surface area contributed by atoms with Crippen molar-refractivity contribution in [2.24, 2.45) is 5.92 Å². The van der Waals surface area contributed by atoms with Crippen LogP contribution in [-0.4, -0.2) is 18.5 Å². The van der Waals surface area contributed by atoms with E-state index in [2.05, 4.69) is 0 Å². The smallest absolute Gasteiger partial charge is 0.328 e. The van der Waals surface area contributed by atoms with Gasteiger partial charge in [-0.05, 0) is 12.5 Å². The standard InChI is InChI=1S/C13H11NO3/c1-2-17-13(16)11(8-14)12(9-15)10-6-4-3-5-7-10/h3-7,11H,2H2,1H3. The zero-order valence-electron chi connectivity index (χ0n) is 9.34. The third-order valence-corrected chi connectivity index (χ3v) is 2.13. The van der Waals surface area contributed by atoms with E-state index in [4.69, 9.17) is 10.00 Å². The number of carbonyl (C=O) groups is 1. The fourth-order valence-electron chi connectivity index (χ4n) is 1.36. The van der Waals surface area contributed by atoms with Crippen LogP contribution >= 0.6 is 0 Å². The quantitative estimate of drug-likeness (QED) is 0.581. The van der Waals surface area contributed by atoms with Crippen molar-refractivity contribution in [2.45, 2.75) is 6.92 Å². The fraction of sp³-hybridized carbons (Fsp3) is 0.231. The van der Waals surface area contributed by atoms with Crippen molar-refractivity contribution in [2.75, 3.05) is 6.61 Å². The summed E-state index contributed by atoms with van der Waals surface area (Å²) in [6.07, 6.45) is 0. The third kappa shape index (κ3) is 3.04. The molecule has 1 unspecified atom stereocenters. The Kier molecular flexibility index (Phi) is 4.68. The van der Waals surface area contributed by atoms with E-state index >= 15 is 0 Å². The number of benzene rings is 1. The average molecular weight is 229 g/mol. The molecule has 0 fully saturated rings. The minimum Gasteiger partial charge on any atom is -0.465 e. The monoisotopic (exact) mass is 229 g/mol. The molecule has 0 spiro atoms. The average Bonchev–Trinajstić information content (AvgIpc) is 2.37. The van der Waals surface area contributed by atoms with Crippen molar-refractivity contribution in [1.29, 1.82) is 5.26 Å². The summed E-state index contributed by atoms with van der Waals surface area (Å²) in [6, 6.07) is 10.3. The lowest BCUT2D eigenvalue weighted by atomic mass is 9.95. The largest absolute Gasteiger partial charge is 0.465 e. The summed E-state index contributed by atoms with van der Waals surface area (Å²) in [6.45, 7) is 1.80. The predicted octanol–water partition coefficient (Wildman–Crippen LogP) is 1.60. The van der Waals surface area contributed by atoms with Gasteiger partial charge in [0.25, 0.3) is 0 Å². The molecule has 1 aromatic rings. The first kappa shape index (κ1) is 12.7. The van der Waals surface area contributed by atoms with E-state index in [0.717, 1.165) is 0 Å². The maximum absolute atomic E-state index is 11.5. The van der Waals surface area contributed by atoms with Crippen molar-refractivity contribution in [3.63, 3.8) is 0 Å². The fourth-order valence-corrected chi connectivity index (χ4v) is 1.36. The molecular weight excluding hydrogens is 218 g/mol. The number of carbonyl (C=O) groups excluding carboxylic acids is 2. The maximum atomic E-state index is 11.5. The van der Waals surface area contributed by atoms with Crippen LogP contribution in [-0.2, 0) is 14.3 Å². The van der Waals surface area contributed by atoms with Crippen LogP contribution in [0.25, 0.3) is 5.57 Å². The lowest BCUT2D eigenvalue weighted by Crippen LogP contribution is -2.18. The van der Waals surface area contributed by atoms with Gasteiger partial charge in [0.05, 0.1) is 18.2 Å². The highest BCUT2D eigenvalue weighted by molar-refractivity contribution is 6.00. The van der Waals surface area contributed by atoms with Crippen LogP contribution in [0.3, 0.4) is 0 Å². The van der Waals surface area contributed by atoms with Crippen molar-refractivity contribution in [1.82, 2.24) is 0 Å². The molecule has 17 heavy (non-hydrogen) atoms. The van der Waals surface area contributed by atoms with Gasteiger partial charge < -0.3 is 4.74 Å². The zero-order chi connectivity index (χ0) is 12.7. The van der Waals surface area contributed by atoms with E-state index in [-0.39, 0.29) is 12.2 Å². The van der Waals surface area contributed by atoms with Crippen LogP contribution in [0.4, 0.5) is 0 Å². The second-order valence-electron chi connectivity index (χ2n) is 3.20. The normalized spacial score (nSPS) is 10.8. The molecule has 4 nitrogen and oxygen atoms in total. The molecule has 0 aliphatic carbocycles. The van der Waals surface area contributed by atoms with Crippen LogP contribution in [0.1, 0.15) is 12.5 Å². The van der Waals surface area contributed by atoms with Gasteiger partial charge in [-0.3, -0.25) is 4.79 Å². The van der Waals surface area contributed by atoms with Crippen molar-refractivity contribution in [3.05, 3.63) is 35.9 Å². The Hall–Kier alpha value is -2.37. The van der Waals surface area contributed by atoms with E-state index < -0.39 is 11.9 Å². The summed E-state index contributed by atoms with van der Waals surface area (Å²) in [5.74, 6) is -0.300. The topological polar surface area (TPSA) is 67.2 Å². The Bertz CT molecular complexity index is 481. The zero-order valence-corrected chi connectivity index (χ0v) is 9.34. The Balaban J connectivity index is 3.07. The molecule has 86 valence electrons. The molecule has 0 bridgehead atoms. The minimum absolute atomic E-state index is 0.00606. The molecule has 1 aromatic carbocycles. The van der Waals surface area contributed by atoms with Gasteiger partial charge in [0, 0.05) is 0 Å². The molecular formula is C13H11NO3. The van der Waals surface area contributed by atoms with Crippen LogP contribution < -0.4 is 0 Å². The number of rotatable bonds is 4. The predicted molar refractivity (Wildman–Crippen MR) is 61.3 cm³/mol. The third-order valence-electron chi connectivity index (χ3n) is 2.13. The number of ether oxygens (including phenoxy) is 1. The molecule has 0 saturated carbocycles. The van der Waals surface area contributed by atoms with E-state index in [0.29, 0.717) is 5.56 Å². The summed E-state index contributed by atoms with van der Waals surface area (Å²) < 4.78 is 4.74. The van der Waals surface area contributed by atoms with Crippen LogP contribution in [0.5, 0.6) is 0 Å². The lowest BCUT2D eigenvalue weighted by molar-refractivity contribution is -0.144. The molecule has 0 amide bonds. The molecule has 0 aromatic heterocycles. The Labute approximate surface area is 99.1 Å². The van der Waals surface area contributed by atoms with Crippen LogP contribution in [0.15, 0.2) is 30.3 Å². The summed E-state index contributed by atoms with van der Waals surface area (Å²) in [4.78, 5) is 22.4. The van der Waals surface area contributed by atoms with Crippen LogP contribution in [0, 0.1) is 17.2 Å². The molecule has 0 saturated heterocycles. The number of nitrogens with zero attached hydrogens (tertiary/aromatic N) is 1. The number of hydrogen-bond acceptors (Lipinski definition) is 4. The molecule has 0 aliphatic heterocycles. The van der Waals surface area contributed by atoms with Gasteiger partial charge >= 0.3 is 5.97 Å². The van der Waals surface area contributed by atoms with Gasteiger partial charge in [-0.15, -0.1) is 0 Å². The molecule has 0 aliphatic rings. The van der Waals surface area contributed by atoms with Crippen molar-refractivity contribution >= 4 is 17.5 Å². The highest BCUT2D eigenvalue weighted by Crippen LogP contribution is 2.21. The highest BCUT2D eigenvalue weighted by Gasteiger charge is 2.26. The maximum Gasteiger partial charge on any atom is 0.328 e. The van der Waals surface area contributed by atoms with Crippen LogP contribution in [0.2, 0.25) is 0 Å². The van der Waals surface area contributed by atoms with Crippen molar-refractivity contribution in [3.8, 4) is 6.07 Å². The molecule has 1 rings (SSSR count). The highest BCUT2D eigenvalue weighted by atomic mass is 16.5. The minimum atomic E-state index is -1.23. The first-order valence-corrected chi connectivity index (χ1v) is 5.11. The van der Waals surface area contributed by atoms with E-state index in [9.17, 15) is 9.59 Å². The SMILES string of the molecule is CCOC(=O)C(C#N)C(=C=O)c1ccccc1. The first-order chi connectivity index (χ1) is 8.24. The Morgan fingerprint density at radius 2 is 2.06 bits per heavy atom. The van der Waals surface area contributed by atoms with Gasteiger partial charge in [0.1, 0.15) is 5.94 Å². The van der Waals surface area contributed by atoms with E-state index in [1.54, 1.807) is 49.3 Å². The molecule has 0 heterocycles. The number of esters is 1. The second-order valence-corrected chi connectivity index (χ2v) is 3.20. The number of nitriles is 1. The van der Waals surface area contributed by atoms with Gasteiger partial charge in [-0.1, -0.05) is 30.3 Å². The van der Waals surface area contributed by atoms with E-state index in [1.807, 2.05) is 0 Å². The van der Waals surface area contributed by atoms with Crippen molar-refractivity contribution < 1.29 is 14.3 Å². The van der Waals surface area contributed by atoms with Gasteiger partial charge in [0.15, 0.2) is 5.92 Å². The first-order valence-electron chi connectivity index (χ1n) is 5.11. The van der Waals surface area contributed by atoms with Gasteiger partial charge in [-0.25, -0.2) is 4.79 Å². The summed E-state index contributed by atoms with van der Waals surface area (Å²) in [5.41, 5.74) is 0.508. The Morgan fingerprint density at radius 3 is 2.53 bits per heavy atom. The Morgan fingerprint density at radius 1 is 1.41 bits per heavy atom. The molecule has 1 atom stereocenters.